The first-order valence-electron chi connectivity index (χ1n) is 7.05. The number of halogens is 2. The second kappa shape index (κ2) is 6.45. The first kappa shape index (κ1) is 15.6. The lowest BCUT2D eigenvalue weighted by atomic mass is 10.1. The second-order valence-electron chi connectivity index (χ2n) is 5.03. The van der Waals surface area contributed by atoms with Gasteiger partial charge in [-0.05, 0) is 47.5 Å². The highest BCUT2D eigenvalue weighted by Gasteiger charge is 2.15. The number of aromatic nitrogens is 1. The van der Waals surface area contributed by atoms with Gasteiger partial charge in [-0.25, -0.2) is 13.6 Å². The molecule has 3 rings (SSSR count). The van der Waals surface area contributed by atoms with E-state index in [1.807, 2.05) is 0 Å². The summed E-state index contributed by atoms with van der Waals surface area (Å²) in [5.74, 6) is -2.82. The van der Waals surface area contributed by atoms with Crippen molar-refractivity contribution in [2.75, 3.05) is 5.32 Å². The molecule has 6 heteroatoms. The summed E-state index contributed by atoms with van der Waals surface area (Å²) >= 11 is 0. The summed E-state index contributed by atoms with van der Waals surface area (Å²) in [5, 5.41) is 11.7. The maximum atomic E-state index is 14.3. The van der Waals surface area contributed by atoms with E-state index < -0.39 is 23.3 Å². The van der Waals surface area contributed by atoms with E-state index in [1.54, 1.807) is 18.2 Å². The average molecular weight is 326 g/mol. The Kier molecular flexibility index (Phi) is 4.20. The Morgan fingerprint density at radius 1 is 0.958 bits per heavy atom. The zero-order valence-electron chi connectivity index (χ0n) is 12.3. The highest BCUT2D eigenvalue weighted by molar-refractivity contribution is 5.95. The number of carbonyl (C=O) groups is 1. The molecule has 0 fully saturated rings. The molecule has 1 aromatic heterocycles. The second-order valence-corrected chi connectivity index (χ2v) is 5.03. The first-order valence-corrected chi connectivity index (χ1v) is 7.05. The molecule has 4 nitrogen and oxygen atoms in total. The third-order valence-corrected chi connectivity index (χ3v) is 3.47. The monoisotopic (exact) mass is 326 g/mol. The highest BCUT2D eigenvalue weighted by Crippen LogP contribution is 2.30. The summed E-state index contributed by atoms with van der Waals surface area (Å²) in [6, 6.07) is 11.6. The normalized spacial score (nSPS) is 10.4. The van der Waals surface area contributed by atoms with Crippen LogP contribution < -0.4 is 5.32 Å². The molecule has 0 atom stereocenters. The maximum absolute atomic E-state index is 14.3. The van der Waals surface area contributed by atoms with E-state index in [-0.39, 0.29) is 11.3 Å². The molecule has 0 aliphatic carbocycles. The van der Waals surface area contributed by atoms with Crippen molar-refractivity contribution in [3.63, 3.8) is 0 Å². The third-order valence-electron chi connectivity index (χ3n) is 3.47. The minimum atomic E-state index is -1.19. The van der Waals surface area contributed by atoms with E-state index in [0.29, 0.717) is 11.1 Å². The maximum Gasteiger partial charge on any atom is 0.337 e. The number of hydrogen-bond acceptors (Lipinski definition) is 3. The van der Waals surface area contributed by atoms with Crippen molar-refractivity contribution >= 4 is 17.3 Å². The van der Waals surface area contributed by atoms with E-state index in [1.165, 1.54) is 42.7 Å². The van der Waals surface area contributed by atoms with Gasteiger partial charge in [-0.2, -0.15) is 0 Å². The van der Waals surface area contributed by atoms with E-state index >= 15 is 0 Å². The number of benzene rings is 2. The Bertz CT molecular complexity index is 876. The van der Waals surface area contributed by atoms with Crippen LogP contribution in [0.5, 0.6) is 0 Å². The van der Waals surface area contributed by atoms with Crippen molar-refractivity contribution in [1.82, 2.24) is 4.98 Å². The molecule has 3 aromatic rings. The van der Waals surface area contributed by atoms with Crippen molar-refractivity contribution in [2.45, 2.75) is 0 Å². The summed E-state index contributed by atoms with van der Waals surface area (Å²) in [4.78, 5) is 15.0. The quantitative estimate of drug-likeness (QED) is 0.742. The molecule has 2 aromatic carbocycles. The number of carboxylic acid groups (broad SMARTS) is 1. The molecular weight excluding hydrogens is 314 g/mol. The van der Waals surface area contributed by atoms with Crippen LogP contribution in [0.3, 0.4) is 0 Å². The number of carboxylic acids is 1. The van der Waals surface area contributed by atoms with Crippen LogP contribution in [0.4, 0.5) is 20.2 Å². The van der Waals surface area contributed by atoms with Gasteiger partial charge in [-0.15, -0.1) is 0 Å². The number of nitrogens with one attached hydrogen (secondary N) is 1. The summed E-state index contributed by atoms with van der Waals surface area (Å²) in [5.41, 5.74) is 0.625. The molecule has 24 heavy (non-hydrogen) atoms. The molecule has 0 radical (unpaired) electrons. The summed E-state index contributed by atoms with van der Waals surface area (Å²) in [7, 11) is 0. The van der Waals surface area contributed by atoms with Crippen molar-refractivity contribution in [2.24, 2.45) is 0 Å². The third kappa shape index (κ3) is 3.08. The number of pyridine rings is 1. The summed E-state index contributed by atoms with van der Waals surface area (Å²) in [6.45, 7) is 0. The number of anilines is 2. The molecule has 0 amide bonds. The Labute approximate surface area is 136 Å². The Balaban J connectivity index is 2.00. The van der Waals surface area contributed by atoms with E-state index in [2.05, 4.69) is 10.3 Å². The molecule has 0 aliphatic heterocycles. The number of para-hydroxylation sites is 1. The predicted octanol–water partition coefficient (Wildman–Crippen LogP) is 4.47. The molecule has 0 aliphatic rings. The molecule has 0 unspecified atom stereocenters. The molecule has 2 N–H and O–H groups in total. The first-order chi connectivity index (χ1) is 11.6. The minimum Gasteiger partial charge on any atom is -0.478 e. The number of nitrogens with zero attached hydrogens (tertiary/aromatic N) is 1. The summed E-state index contributed by atoms with van der Waals surface area (Å²) < 4.78 is 28.7. The van der Waals surface area contributed by atoms with Gasteiger partial charge >= 0.3 is 5.97 Å². The molecular formula is C18H12F2N2O2. The largest absolute Gasteiger partial charge is 0.478 e. The van der Waals surface area contributed by atoms with Crippen LogP contribution in [0.15, 0.2) is 60.9 Å². The van der Waals surface area contributed by atoms with Gasteiger partial charge in [0.2, 0.25) is 0 Å². The van der Waals surface area contributed by atoms with Gasteiger partial charge in [0.15, 0.2) is 0 Å². The minimum absolute atomic E-state index is 0.0745. The van der Waals surface area contributed by atoms with Crippen molar-refractivity contribution in [3.8, 4) is 11.1 Å². The molecule has 0 bridgehead atoms. The number of aromatic carboxylic acids is 1. The number of rotatable bonds is 4. The average Bonchev–Trinajstić information content (AvgIpc) is 2.59. The highest BCUT2D eigenvalue weighted by atomic mass is 19.1. The van der Waals surface area contributed by atoms with Gasteiger partial charge in [0.1, 0.15) is 17.3 Å². The van der Waals surface area contributed by atoms with E-state index in [0.717, 1.165) is 0 Å². The predicted molar refractivity (Wildman–Crippen MR) is 86.3 cm³/mol. The van der Waals surface area contributed by atoms with Crippen LogP contribution in [0.2, 0.25) is 0 Å². The van der Waals surface area contributed by atoms with Gasteiger partial charge in [-0.1, -0.05) is 12.1 Å². The lowest BCUT2D eigenvalue weighted by Crippen LogP contribution is -2.05. The van der Waals surface area contributed by atoms with Crippen LogP contribution in [0.25, 0.3) is 11.1 Å². The molecule has 120 valence electrons. The lowest BCUT2D eigenvalue weighted by molar-refractivity contribution is 0.0698. The molecule has 0 saturated carbocycles. The zero-order valence-corrected chi connectivity index (χ0v) is 12.3. The Morgan fingerprint density at radius 2 is 1.58 bits per heavy atom. The van der Waals surface area contributed by atoms with Gasteiger partial charge in [-0.3, -0.25) is 4.98 Å². The summed E-state index contributed by atoms with van der Waals surface area (Å²) in [6.07, 6.45) is 3.06. The zero-order chi connectivity index (χ0) is 17.1. The number of hydrogen-bond donors (Lipinski definition) is 2. The van der Waals surface area contributed by atoms with Gasteiger partial charge in [0.05, 0.1) is 11.3 Å². The fraction of sp³-hybridized carbons (Fsp3) is 0. The molecule has 1 heterocycles. The fourth-order valence-electron chi connectivity index (χ4n) is 2.32. The van der Waals surface area contributed by atoms with Crippen molar-refractivity contribution in [1.29, 1.82) is 0 Å². The van der Waals surface area contributed by atoms with E-state index in [4.69, 9.17) is 5.11 Å². The van der Waals surface area contributed by atoms with Crippen molar-refractivity contribution in [3.05, 3.63) is 78.1 Å². The topological polar surface area (TPSA) is 62.2 Å². The van der Waals surface area contributed by atoms with Gasteiger partial charge in [0, 0.05) is 12.4 Å². The molecule has 0 saturated heterocycles. The smallest absolute Gasteiger partial charge is 0.337 e. The van der Waals surface area contributed by atoms with Crippen LogP contribution in [0, 0.1) is 11.6 Å². The van der Waals surface area contributed by atoms with Crippen LogP contribution in [-0.2, 0) is 0 Å². The van der Waals surface area contributed by atoms with Crippen molar-refractivity contribution < 1.29 is 18.7 Å². The van der Waals surface area contributed by atoms with Crippen LogP contribution >= 0.6 is 0 Å². The van der Waals surface area contributed by atoms with Crippen LogP contribution in [-0.4, -0.2) is 16.1 Å². The van der Waals surface area contributed by atoms with Gasteiger partial charge in [0.25, 0.3) is 0 Å². The van der Waals surface area contributed by atoms with Gasteiger partial charge < -0.3 is 10.4 Å². The Morgan fingerprint density at radius 3 is 2.21 bits per heavy atom. The Hall–Kier alpha value is -3.28. The molecule has 0 spiro atoms. The SMILES string of the molecule is O=C(O)c1ccccc1Nc1c(F)cc(-c2ccncc2)cc1F. The van der Waals surface area contributed by atoms with E-state index in [9.17, 15) is 13.6 Å². The van der Waals surface area contributed by atoms with Crippen LogP contribution in [0.1, 0.15) is 10.4 Å². The lowest BCUT2D eigenvalue weighted by Gasteiger charge is -2.12. The fourth-order valence-corrected chi connectivity index (χ4v) is 2.32. The standard InChI is InChI=1S/C18H12F2N2O2/c19-14-9-12(11-5-7-21-8-6-11)10-15(20)17(14)22-16-4-2-1-3-13(16)18(23)24/h1-10,22H,(H,23,24).